The van der Waals surface area contributed by atoms with E-state index in [0.29, 0.717) is 11.8 Å². The molecule has 1 aromatic heterocycles. The van der Waals surface area contributed by atoms with Crippen LogP contribution in [0.4, 0.5) is 0 Å². The molecule has 1 heterocycles. The summed E-state index contributed by atoms with van der Waals surface area (Å²) in [5, 5.41) is 4.10. The highest BCUT2D eigenvalue weighted by molar-refractivity contribution is 4.94. The van der Waals surface area contributed by atoms with E-state index in [4.69, 9.17) is 4.52 Å². The minimum Gasteiger partial charge on any atom is -0.340 e. The third-order valence-corrected chi connectivity index (χ3v) is 3.76. The topological polar surface area (TPSA) is 38.9 Å². The quantitative estimate of drug-likeness (QED) is 0.726. The molecule has 1 fully saturated rings. The van der Waals surface area contributed by atoms with Crippen LogP contribution in [0, 0.1) is 6.92 Å². The van der Waals surface area contributed by atoms with Gasteiger partial charge in [-0.05, 0) is 12.8 Å². The van der Waals surface area contributed by atoms with Crippen molar-refractivity contribution in [3.63, 3.8) is 0 Å². The zero-order valence-electron chi connectivity index (χ0n) is 11.0. The molecule has 0 aromatic carbocycles. The summed E-state index contributed by atoms with van der Waals surface area (Å²) in [6.07, 6.45) is 13.5. The first-order valence-corrected chi connectivity index (χ1v) is 7.16. The van der Waals surface area contributed by atoms with Crippen LogP contribution in [0.2, 0.25) is 0 Å². The first-order valence-electron chi connectivity index (χ1n) is 7.16. The van der Waals surface area contributed by atoms with Gasteiger partial charge in [-0.1, -0.05) is 56.5 Å². The molecule has 0 saturated heterocycles. The third-order valence-electron chi connectivity index (χ3n) is 3.76. The summed E-state index contributed by atoms with van der Waals surface area (Å²) in [5.41, 5.74) is 0. The smallest absolute Gasteiger partial charge is 0.223 e. The van der Waals surface area contributed by atoms with Crippen molar-refractivity contribution < 1.29 is 4.52 Å². The lowest BCUT2D eigenvalue weighted by atomic mass is 9.95. The molecule has 3 heteroatoms. The first kappa shape index (κ1) is 12.6. The van der Waals surface area contributed by atoms with Gasteiger partial charge in [0.2, 0.25) is 5.89 Å². The molecule has 1 aliphatic rings. The van der Waals surface area contributed by atoms with Crippen molar-refractivity contribution in [3.8, 4) is 0 Å². The highest BCUT2D eigenvalue weighted by atomic mass is 16.5. The largest absolute Gasteiger partial charge is 0.340 e. The fourth-order valence-electron chi connectivity index (χ4n) is 2.73. The number of nitrogens with zero attached hydrogens (tertiary/aromatic N) is 2. The van der Waals surface area contributed by atoms with Crippen molar-refractivity contribution in [2.24, 2.45) is 0 Å². The molecule has 96 valence electrons. The molecule has 0 bridgehead atoms. The van der Waals surface area contributed by atoms with Crippen LogP contribution in [0.15, 0.2) is 4.52 Å². The van der Waals surface area contributed by atoms with Crippen LogP contribution in [-0.4, -0.2) is 10.1 Å². The first-order chi connectivity index (χ1) is 8.36. The number of hydrogen-bond donors (Lipinski definition) is 0. The molecule has 0 radical (unpaired) electrons. The highest BCUT2D eigenvalue weighted by Crippen LogP contribution is 2.27. The maximum atomic E-state index is 5.11. The Hall–Kier alpha value is -0.860. The molecule has 3 nitrogen and oxygen atoms in total. The highest BCUT2D eigenvalue weighted by Gasteiger charge is 2.17. The number of aromatic nitrogens is 2. The summed E-state index contributed by atoms with van der Waals surface area (Å²) in [7, 11) is 0. The summed E-state index contributed by atoms with van der Waals surface area (Å²) >= 11 is 0. The van der Waals surface area contributed by atoms with Gasteiger partial charge in [0, 0.05) is 12.8 Å². The Kier molecular flexibility index (Phi) is 5.02. The Morgan fingerprint density at radius 2 is 1.41 bits per heavy atom. The van der Waals surface area contributed by atoms with E-state index in [1.54, 1.807) is 0 Å². The molecular weight excluding hydrogens is 212 g/mol. The molecular formula is C14H24N2O. The van der Waals surface area contributed by atoms with Gasteiger partial charge >= 0.3 is 0 Å². The van der Waals surface area contributed by atoms with Gasteiger partial charge in [-0.25, -0.2) is 0 Å². The molecule has 1 aliphatic carbocycles. The maximum Gasteiger partial charge on any atom is 0.223 e. The lowest BCUT2D eigenvalue weighted by molar-refractivity contribution is 0.376. The Balaban J connectivity index is 1.92. The monoisotopic (exact) mass is 236 g/mol. The van der Waals surface area contributed by atoms with Gasteiger partial charge in [0.05, 0.1) is 0 Å². The summed E-state index contributed by atoms with van der Waals surface area (Å²) in [5.74, 6) is 2.18. The standard InChI is InChI=1S/C14H24N2O/c1-12-15-14(16-17-12)13-10-8-6-4-2-3-5-7-9-11-13/h13H,2-11H2,1H3. The van der Waals surface area contributed by atoms with E-state index in [1.165, 1.54) is 64.2 Å². The van der Waals surface area contributed by atoms with Gasteiger partial charge in [0.1, 0.15) is 0 Å². The van der Waals surface area contributed by atoms with Crippen molar-refractivity contribution in [2.45, 2.75) is 77.0 Å². The van der Waals surface area contributed by atoms with Crippen molar-refractivity contribution >= 4 is 0 Å². The number of aryl methyl sites for hydroxylation is 1. The Morgan fingerprint density at radius 1 is 0.882 bits per heavy atom. The van der Waals surface area contributed by atoms with Gasteiger partial charge < -0.3 is 4.52 Å². The molecule has 0 atom stereocenters. The van der Waals surface area contributed by atoms with Crippen LogP contribution in [0.3, 0.4) is 0 Å². The Morgan fingerprint density at radius 3 is 1.88 bits per heavy atom. The van der Waals surface area contributed by atoms with E-state index in [-0.39, 0.29) is 0 Å². The molecule has 17 heavy (non-hydrogen) atoms. The summed E-state index contributed by atoms with van der Waals surface area (Å²) < 4.78 is 5.11. The minimum absolute atomic E-state index is 0.533. The lowest BCUT2D eigenvalue weighted by Gasteiger charge is -2.11. The number of hydrogen-bond acceptors (Lipinski definition) is 3. The van der Waals surface area contributed by atoms with E-state index >= 15 is 0 Å². The second-order valence-corrected chi connectivity index (χ2v) is 5.27. The number of rotatable bonds is 1. The van der Waals surface area contributed by atoms with Crippen LogP contribution in [-0.2, 0) is 0 Å². The fourth-order valence-corrected chi connectivity index (χ4v) is 2.73. The second kappa shape index (κ2) is 6.77. The van der Waals surface area contributed by atoms with Crippen LogP contribution in [0.1, 0.15) is 81.8 Å². The normalized spacial score (nSPS) is 21.0. The summed E-state index contributed by atoms with van der Waals surface area (Å²) in [6.45, 7) is 1.88. The van der Waals surface area contributed by atoms with Gasteiger partial charge in [0.25, 0.3) is 0 Å². The Bertz CT molecular complexity index is 310. The van der Waals surface area contributed by atoms with E-state index in [1.807, 2.05) is 6.92 Å². The molecule has 0 N–H and O–H groups in total. The molecule has 0 spiro atoms. The van der Waals surface area contributed by atoms with Gasteiger partial charge in [-0.15, -0.1) is 0 Å². The second-order valence-electron chi connectivity index (χ2n) is 5.27. The van der Waals surface area contributed by atoms with Crippen molar-refractivity contribution in [1.82, 2.24) is 10.1 Å². The predicted octanol–water partition coefficient (Wildman–Crippen LogP) is 4.38. The predicted molar refractivity (Wildman–Crippen MR) is 67.9 cm³/mol. The van der Waals surface area contributed by atoms with Crippen LogP contribution >= 0.6 is 0 Å². The van der Waals surface area contributed by atoms with Gasteiger partial charge in [-0.2, -0.15) is 4.98 Å². The molecule has 1 saturated carbocycles. The average molecular weight is 236 g/mol. The summed E-state index contributed by atoms with van der Waals surface area (Å²) in [6, 6.07) is 0. The zero-order chi connectivity index (χ0) is 11.9. The third kappa shape index (κ3) is 4.14. The zero-order valence-corrected chi connectivity index (χ0v) is 11.0. The average Bonchev–Trinajstić information content (AvgIpc) is 2.72. The molecule has 0 unspecified atom stereocenters. The van der Waals surface area contributed by atoms with Crippen molar-refractivity contribution in [3.05, 3.63) is 11.7 Å². The van der Waals surface area contributed by atoms with Crippen LogP contribution in [0.25, 0.3) is 0 Å². The minimum atomic E-state index is 0.533. The van der Waals surface area contributed by atoms with E-state index in [2.05, 4.69) is 10.1 Å². The van der Waals surface area contributed by atoms with Gasteiger partial charge in [-0.3, -0.25) is 0 Å². The Labute approximate surface area is 104 Å². The van der Waals surface area contributed by atoms with E-state index in [9.17, 15) is 0 Å². The fraction of sp³-hybridized carbons (Fsp3) is 0.857. The van der Waals surface area contributed by atoms with Crippen LogP contribution in [0.5, 0.6) is 0 Å². The van der Waals surface area contributed by atoms with E-state index in [0.717, 1.165) is 5.82 Å². The maximum absolute atomic E-state index is 5.11. The summed E-state index contributed by atoms with van der Waals surface area (Å²) in [4.78, 5) is 4.41. The molecule has 0 amide bonds. The lowest BCUT2D eigenvalue weighted by Crippen LogP contribution is -2.02. The van der Waals surface area contributed by atoms with Gasteiger partial charge in [0.15, 0.2) is 5.82 Å². The molecule has 1 aromatic rings. The molecule has 0 aliphatic heterocycles. The van der Waals surface area contributed by atoms with Crippen molar-refractivity contribution in [1.29, 1.82) is 0 Å². The van der Waals surface area contributed by atoms with Crippen molar-refractivity contribution in [2.75, 3.05) is 0 Å². The SMILES string of the molecule is Cc1nc(C2CCCCCCCCCC2)no1. The van der Waals surface area contributed by atoms with Crippen LogP contribution < -0.4 is 0 Å². The van der Waals surface area contributed by atoms with E-state index < -0.39 is 0 Å². The molecule has 2 rings (SSSR count).